The minimum Gasteiger partial charge on any atom is -0.445 e. The quantitative estimate of drug-likeness (QED) is 0.0669. The van der Waals surface area contributed by atoms with E-state index >= 15 is 0 Å². The van der Waals surface area contributed by atoms with Gasteiger partial charge in [-0.1, -0.05) is 11.2 Å². The van der Waals surface area contributed by atoms with Crippen LogP contribution < -0.4 is 11.1 Å². The Kier molecular flexibility index (Phi) is 9.85. The third kappa shape index (κ3) is 7.27. The van der Waals surface area contributed by atoms with E-state index in [9.17, 15) is 29.2 Å². The van der Waals surface area contributed by atoms with Crippen molar-refractivity contribution < 1.29 is 43.4 Å². The average Bonchev–Trinajstić information content (AvgIpc) is 3.34. The number of carbonyl (C=O) groups is 5. The highest BCUT2D eigenvalue weighted by Gasteiger charge is 2.57. The smallest absolute Gasteiger partial charge is 0.409 e. The van der Waals surface area contributed by atoms with E-state index in [-0.39, 0.29) is 29.7 Å². The van der Waals surface area contributed by atoms with Crippen molar-refractivity contribution in [2.24, 2.45) is 16.0 Å². The lowest BCUT2D eigenvalue weighted by atomic mass is 9.86. The molecule has 0 aromatic carbocycles. The second kappa shape index (κ2) is 12.8. The van der Waals surface area contributed by atoms with Gasteiger partial charge < -0.3 is 40.3 Å². The lowest BCUT2D eigenvalue weighted by Gasteiger charge is -2.53. The largest absolute Gasteiger partial charge is 0.445 e. The van der Waals surface area contributed by atoms with Crippen LogP contribution >= 0.6 is 23.1 Å². The zero-order valence-electron chi connectivity index (χ0n) is 23.1. The van der Waals surface area contributed by atoms with Crippen molar-refractivity contribution in [1.29, 1.82) is 0 Å². The SMILES string of the molecule is CN(C)C(=O)OCC=CC1(C(=O)OCOC(=O)C(C)(C)C)CS[C@@H]2C(NC(=O)C(=NO)c3csc(N)n3)C(=O)N2C1. The van der Waals surface area contributed by atoms with Crippen LogP contribution in [-0.2, 0) is 33.4 Å². The van der Waals surface area contributed by atoms with Gasteiger partial charge in [-0.15, -0.1) is 23.1 Å². The summed E-state index contributed by atoms with van der Waals surface area (Å²) in [5, 5.41) is 16.0. The molecule has 4 N–H and O–H groups in total. The Labute approximate surface area is 244 Å². The molecule has 41 heavy (non-hydrogen) atoms. The Morgan fingerprint density at radius 3 is 2.59 bits per heavy atom. The van der Waals surface area contributed by atoms with Crippen molar-refractivity contribution in [2.75, 3.05) is 45.5 Å². The molecule has 2 saturated heterocycles. The molecule has 17 heteroatoms. The average molecular weight is 613 g/mol. The van der Waals surface area contributed by atoms with E-state index in [4.69, 9.17) is 19.9 Å². The molecule has 1 aromatic rings. The lowest BCUT2D eigenvalue weighted by Crippen LogP contribution is -2.74. The number of hydrogen-bond acceptors (Lipinski definition) is 14. The molecule has 2 aliphatic heterocycles. The summed E-state index contributed by atoms with van der Waals surface area (Å²) in [4.78, 5) is 69.4. The van der Waals surface area contributed by atoms with Gasteiger partial charge in [-0.2, -0.15) is 0 Å². The van der Waals surface area contributed by atoms with Crippen molar-refractivity contribution in [2.45, 2.75) is 32.2 Å². The van der Waals surface area contributed by atoms with Gasteiger partial charge in [-0.3, -0.25) is 19.2 Å². The molecule has 2 aliphatic rings. The molecule has 3 heterocycles. The van der Waals surface area contributed by atoms with Crippen LogP contribution in [0, 0.1) is 10.8 Å². The van der Waals surface area contributed by atoms with Gasteiger partial charge >= 0.3 is 18.0 Å². The van der Waals surface area contributed by atoms with Gasteiger partial charge in [0.25, 0.3) is 5.91 Å². The number of fused-ring (bicyclic) bond motifs is 1. The number of nitrogens with two attached hydrogens (primary N) is 1. The van der Waals surface area contributed by atoms with Crippen molar-refractivity contribution in [3.05, 3.63) is 23.2 Å². The lowest BCUT2D eigenvalue weighted by molar-refractivity contribution is -0.178. The van der Waals surface area contributed by atoms with Gasteiger partial charge in [0.05, 0.1) is 5.41 Å². The first-order valence-corrected chi connectivity index (χ1v) is 14.2. The fraction of sp³-hybridized carbons (Fsp3) is 0.542. The maximum Gasteiger partial charge on any atom is 0.409 e. The zero-order valence-corrected chi connectivity index (χ0v) is 24.7. The summed E-state index contributed by atoms with van der Waals surface area (Å²) in [6.45, 7) is 4.09. The highest BCUT2D eigenvalue weighted by atomic mass is 32.2. The minimum atomic E-state index is -1.36. The number of oxime groups is 1. The fourth-order valence-electron chi connectivity index (χ4n) is 3.72. The highest BCUT2D eigenvalue weighted by Crippen LogP contribution is 2.43. The molecule has 3 atom stereocenters. The monoisotopic (exact) mass is 612 g/mol. The predicted molar refractivity (Wildman–Crippen MR) is 148 cm³/mol. The predicted octanol–water partition coefficient (Wildman–Crippen LogP) is 0.634. The number of anilines is 1. The standard InChI is InChI=1S/C24H32N6O9S2/c1-23(2,3)19(33)38-12-39-20(34)24(7-6-8-37-22(35)29(4)5)10-30-17(32)15(18(30)41-11-24)27-16(31)14(28-36)13-9-40-21(25)26-13/h6-7,9,15,18,36H,8,10-12H2,1-5H3,(H2,25,26)(H,27,31)/t15?,18-,24?/m1/s1. The van der Waals surface area contributed by atoms with Gasteiger partial charge in [0.15, 0.2) is 10.8 Å². The van der Waals surface area contributed by atoms with Crippen LogP contribution in [0.15, 0.2) is 22.7 Å². The number of esters is 2. The Bertz CT molecular complexity index is 1260. The van der Waals surface area contributed by atoms with E-state index < -0.39 is 64.6 Å². The molecule has 3 amide bonds. The fourth-order valence-corrected chi connectivity index (χ4v) is 5.78. The van der Waals surface area contributed by atoms with Crippen LogP contribution in [0.25, 0.3) is 0 Å². The molecule has 2 fully saturated rings. The molecule has 0 saturated carbocycles. The molecule has 0 aliphatic carbocycles. The number of nitrogens with one attached hydrogen (secondary N) is 1. The molecule has 1 aromatic heterocycles. The first kappa shape index (κ1) is 31.7. The third-order valence-electron chi connectivity index (χ3n) is 5.98. The second-order valence-electron chi connectivity index (χ2n) is 10.4. The van der Waals surface area contributed by atoms with Crippen LogP contribution in [0.2, 0.25) is 0 Å². The first-order valence-electron chi connectivity index (χ1n) is 12.2. The number of rotatable bonds is 9. The van der Waals surface area contributed by atoms with E-state index in [1.54, 1.807) is 20.8 Å². The Hall–Kier alpha value is -3.86. The molecule has 3 rings (SSSR count). The van der Waals surface area contributed by atoms with Gasteiger partial charge in [-0.05, 0) is 26.8 Å². The van der Waals surface area contributed by atoms with Crippen molar-refractivity contribution >= 4 is 63.8 Å². The number of hydrogen-bond donors (Lipinski definition) is 3. The summed E-state index contributed by atoms with van der Waals surface area (Å²) in [5.41, 5.74) is 3.08. The maximum atomic E-state index is 13.3. The van der Waals surface area contributed by atoms with Gasteiger partial charge in [0, 0.05) is 31.8 Å². The van der Waals surface area contributed by atoms with Gasteiger partial charge in [0.2, 0.25) is 12.7 Å². The number of nitrogens with zero attached hydrogens (tertiary/aromatic N) is 4. The number of aromatic nitrogens is 1. The number of nitrogen functional groups attached to an aromatic ring is 1. The Morgan fingerprint density at radius 1 is 1.29 bits per heavy atom. The Morgan fingerprint density at radius 2 is 2.00 bits per heavy atom. The number of β-lactam (4-membered cyclic amide) rings is 1. The first-order chi connectivity index (χ1) is 19.2. The summed E-state index contributed by atoms with van der Waals surface area (Å²) in [6, 6.07) is -0.952. The molecule has 0 bridgehead atoms. The summed E-state index contributed by atoms with van der Waals surface area (Å²) in [5.74, 6) is -2.49. The van der Waals surface area contributed by atoms with Crippen LogP contribution in [0.3, 0.4) is 0 Å². The summed E-state index contributed by atoms with van der Waals surface area (Å²) in [6.07, 6.45) is 2.38. The molecular weight excluding hydrogens is 580 g/mol. The maximum absolute atomic E-state index is 13.3. The van der Waals surface area contributed by atoms with Crippen LogP contribution in [-0.4, -0.2) is 107 Å². The highest BCUT2D eigenvalue weighted by molar-refractivity contribution is 8.00. The summed E-state index contributed by atoms with van der Waals surface area (Å²) in [7, 11) is 3.04. The molecule has 15 nitrogen and oxygen atoms in total. The third-order valence-corrected chi connectivity index (χ3v) is 8.20. The van der Waals surface area contributed by atoms with E-state index in [0.717, 1.165) is 11.3 Å². The molecule has 224 valence electrons. The van der Waals surface area contributed by atoms with E-state index in [2.05, 4.69) is 15.5 Å². The van der Waals surface area contributed by atoms with Gasteiger partial charge in [0.1, 0.15) is 29.1 Å². The van der Waals surface area contributed by atoms with Crippen LogP contribution in [0.4, 0.5) is 9.93 Å². The van der Waals surface area contributed by atoms with Crippen molar-refractivity contribution in [3.8, 4) is 0 Å². The number of thioether (sulfide) groups is 1. The number of ether oxygens (including phenoxy) is 3. The number of amides is 3. The number of thiazole rings is 1. The van der Waals surface area contributed by atoms with E-state index in [1.807, 2.05) is 0 Å². The van der Waals surface area contributed by atoms with Crippen molar-refractivity contribution in [1.82, 2.24) is 20.1 Å². The van der Waals surface area contributed by atoms with Crippen LogP contribution in [0.1, 0.15) is 26.5 Å². The van der Waals surface area contributed by atoms with Crippen LogP contribution in [0.5, 0.6) is 0 Å². The minimum absolute atomic E-state index is 0.0569. The zero-order chi connectivity index (χ0) is 30.5. The molecule has 0 radical (unpaired) electrons. The molecular formula is C24H32N6O9S2. The Balaban J connectivity index is 1.70. The van der Waals surface area contributed by atoms with Gasteiger partial charge in [-0.25, -0.2) is 9.78 Å². The van der Waals surface area contributed by atoms with E-state index in [0.29, 0.717) is 0 Å². The normalized spacial score (nSPS) is 22.4. The summed E-state index contributed by atoms with van der Waals surface area (Å²) < 4.78 is 15.4. The van der Waals surface area contributed by atoms with E-state index in [1.165, 1.54) is 53.2 Å². The molecule has 2 unspecified atom stereocenters. The molecule has 0 spiro atoms. The van der Waals surface area contributed by atoms with Crippen molar-refractivity contribution in [3.63, 3.8) is 0 Å². The number of carbonyl (C=O) groups excluding carboxylic acids is 5. The topological polar surface area (TPSA) is 203 Å². The summed E-state index contributed by atoms with van der Waals surface area (Å²) >= 11 is 2.27. The second-order valence-corrected chi connectivity index (χ2v) is 12.4.